The summed E-state index contributed by atoms with van der Waals surface area (Å²) in [5, 5.41) is 9.28. The minimum atomic E-state index is -1.14. The number of carboxylic acids is 1. The monoisotopic (exact) mass is 364 g/mol. The van der Waals surface area contributed by atoms with E-state index in [1.807, 2.05) is 0 Å². The molecule has 0 amide bonds. The Morgan fingerprint density at radius 1 is 1.41 bits per heavy atom. The second kappa shape index (κ2) is 5.64. The Balaban J connectivity index is 2.97. The number of para-hydroxylation sites is 1. The van der Waals surface area contributed by atoms with Crippen LogP contribution in [0.1, 0.15) is 17.3 Å². The molecule has 0 aliphatic heterocycles. The second-order valence-corrected chi connectivity index (χ2v) is 5.83. The van der Waals surface area contributed by atoms with E-state index in [4.69, 9.17) is 9.84 Å². The molecule has 92 valence electrons. The van der Waals surface area contributed by atoms with Gasteiger partial charge in [-0.25, -0.2) is 4.79 Å². The summed E-state index contributed by atoms with van der Waals surface area (Å²) in [6.45, 7) is 1.63. The number of carboxylic acid groups (broad SMARTS) is 1. The number of hydrogen-bond donors (Lipinski definition) is 1. The minimum Gasteiger partial charge on any atom is -0.478 e. The van der Waals surface area contributed by atoms with E-state index in [-0.39, 0.29) is 11.3 Å². The number of alkyl halides is 2. The second-order valence-electron chi connectivity index (χ2n) is 3.52. The molecule has 0 aromatic heterocycles. The molecule has 0 aliphatic rings. The minimum absolute atomic E-state index is 0.0385. The smallest absolute Gasteiger partial charge is 0.339 e. The van der Waals surface area contributed by atoms with Crippen molar-refractivity contribution in [2.75, 3.05) is 5.33 Å². The molecule has 0 fully saturated rings. The summed E-state index contributed by atoms with van der Waals surface area (Å²) in [4.78, 5) is 22.7. The van der Waals surface area contributed by atoms with Gasteiger partial charge in [-0.2, -0.15) is 0 Å². The van der Waals surface area contributed by atoms with Crippen LogP contribution in [0.5, 0.6) is 5.75 Å². The van der Waals surface area contributed by atoms with E-state index >= 15 is 0 Å². The van der Waals surface area contributed by atoms with E-state index < -0.39 is 16.3 Å². The molecule has 0 aliphatic carbocycles. The van der Waals surface area contributed by atoms with Gasteiger partial charge in [0.15, 0.2) is 0 Å². The average molecular weight is 366 g/mol. The fourth-order valence-electron chi connectivity index (χ4n) is 0.993. The third-order valence-electron chi connectivity index (χ3n) is 2.00. The molecule has 6 heteroatoms. The molecule has 1 N–H and O–H groups in total. The number of hydrogen-bond acceptors (Lipinski definition) is 3. The van der Waals surface area contributed by atoms with Crippen molar-refractivity contribution < 1.29 is 19.4 Å². The first-order chi connectivity index (χ1) is 7.88. The summed E-state index contributed by atoms with van der Waals surface area (Å²) in [6.07, 6.45) is 0. The number of aromatic carboxylic acids is 1. The van der Waals surface area contributed by atoms with E-state index in [9.17, 15) is 9.59 Å². The number of halogens is 2. The van der Waals surface area contributed by atoms with Gasteiger partial charge in [0.2, 0.25) is 0 Å². The summed E-state index contributed by atoms with van der Waals surface area (Å²) < 4.78 is 4.18. The Kier molecular flexibility index (Phi) is 4.70. The number of carbonyl (C=O) groups excluding carboxylic acids is 1. The van der Waals surface area contributed by atoms with E-state index in [0.717, 1.165) is 0 Å². The number of rotatable bonds is 4. The van der Waals surface area contributed by atoms with Gasteiger partial charge in [-0.05, 0) is 19.1 Å². The fourth-order valence-corrected chi connectivity index (χ4v) is 1.30. The maximum absolute atomic E-state index is 11.7. The van der Waals surface area contributed by atoms with E-state index in [1.54, 1.807) is 19.1 Å². The summed E-state index contributed by atoms with van der Waals surface area (Å²) in [7, 11) is 0. The predicted molar refractivity (Wildman–Crippen MR) is 70.2 cm³/mol. The lowest BCUT2D eigenvalue weighted by atomic mass is 10.2. The molecule has 1 atom stereocenters. The van der Waals surface area contributed by atoms with Crippen LogP contribution >= 0.6 is 31.9 Å². The van der Waals surface area contributed by atoms with Gasteiger partial charge in [0, 0.05) is 5.33 Å². The van der Waals surface area contributed by atoms with Crippen molar-refractivity contribution in [2.24, 2.45) is 0 Å². The van der Waals surface area contributed by atoms with Gasteiger partial charge in [-0.3, -0.25) is 4.79 Å². The van der Waals surface area contributed by atoms with E-state index in [2.05, 4.69) is 31.9 Å². The lowest BCUT2D eigenvalue weighted by molar-refractivity contribution is -0.135. The third kappa shape index (κ3) is 3.54. The molecular formula is C11H10Br2O4. The van der Waals surface area contributed by atoms with Crippen LogP contribution in [0.25, 0.3) is 0 Å². The topological polar surface area (TPSA) is 63.6 Å². The third-order valence-corrected chi connectivity index (χ3v) is 4.47. The molecule has 0 bridgehead atoms. The molecular weight excluding hydrogens is 356 g/mol. The van der Waals surface area contributed by atoms with Gasteiger partial charge in [-0.1, -0.05) is 44.0 Å². The molecule has 1 aromatic rings. The van der Waals surface area contributed by atoms with Crippen LogP contribution in [-0.4, -0.2) is 26.7 Å². The molecule has 1 aromatic carbocycles. The van der Waals surface area contributed by atoms with E-state index in [1.165, 1.54) is 12.1 Å². The molecule has 1 rings (SSSR count). The van der Waals surface area contributed by atoms with Crippen molar-refractivity contribution in [2.45, 2.75) is 11.2 Å². The van der Waals surface area contributed by atoms with Crippen molar-refractivity contribution >= 4 is 43.8 Å². The largest absolute Gasteiger partial charge is 0.478 e. The Bertz CT molecular complexity index is 443. The van der Waals surface area contributed by atoms with E-state index in [0.29, 0.717) is 5.33 Å². The lowest BCUT2D eigenvalue weighted by Gasteiger charge is -2.17. The van der Waals surface area contributed by atoms with Gasteiger partial charge >= 0.3 is 11.9 Å². The highest BCUT2D eigenvalue weighted by atomic mass is 79.9. The van der Waals surface area contributed by atoms with Gasteiger partial charge in [0.05, 0.1) is 0 Å². The van der Waals surface area contributed by atoms with Crippen LogP contribution < -0.4 is 4.74 Å². The van der Waals surface area contributed by atoms with Crippen LogP contribution in [0.3, 0.4) is 0 Å². The van der Waals surface area contributed by atoms with Gasteiger partial charge in [0.25, 0.3) is 0 Å². The summed E-state index contributed by atoms with van der Waals surface area (Å²) in [5.41, 5.74) is -0.0428. The Morgan fingerprint density at radius 2 is 2.00 bits per heavy atom. The molecule has 0 saturated carbocycles. The highest BCUT2D eigenvalue weighted by Gasteiger charge is 2.31. The molecule has 0 heterocycles. The van der Waals surface area contributed by atoms with Crippen molar-refractivity contribution in [3.63, 3.8) is 0 Å². The summed E-state index contributed by atoms with van der Waals surface area (Å²) >= 11 is 6.36. The maximum Gasteiger partial charge on any atom is 0.339 e. The number of ether oxygens (including phenoxy) is 1. The zero-order valence-corrected chi connectivity index (χ0v) is 12.1. The van der Waals surface area contributed by atoms with Gasteiger partial charge in [-0.15, -0.1) is 0 Å². The first-order valence-electron chi connectivity index (χ1n) is 4.68. The zero-order chi connectivity index (χ0) is 13.1. The summed E-state index contributed by atoms with van der Waals surface area (Å²) in [5.74, 6) is -1.65. The molecule has 0 saturated heterocycles. The van der Waals surface area contributed by atoms with Crippen LogP contribution in [0, 0.1) is 0 Å². The van der Waals surface area contributed by atoms with Crippen molar-refractivity contribution in [3.05, 3.63) is 29.8 Å². The Labute approximate surface area is 115 Å². The first kappa shape index (κ1) is 14.2. The zero-order valence-electron chi connectivity index (χ0n) is 8.94. The number of carbonyl (C=O) groups is 2. The van der Waals surface area contributed by atoms with Gasteiger partial charge < -0.3 is 9.84 Å². The van der Waals surface area contributed by atoms with Crippen LogP contribution in [0.15, 0.2) is 24.3 Å². The standard InChI is InChI=1S/C11H10Br2O4/c1-11(13,6-12)10(16)17-8-5-3-2-4-7(8)9(14)15/h2-5H,6H2,1H3,(H,14,15). The number of benzene rings is 1. The molecule has 0 spiro atoms. The normalized spacial score (nSPS) is 13.8. The number of esters is 1. The van der Waals surface area contributed by atoms with Crippen molar-refractivity contribution in [1.29, 1.82) is 0 Å². The molecule has 17 heavy (non-hydrogen) atoms. The average Bonchev–Trinajstić information content (AvgIpc) is 2.29. The maximum atomic E-state index is 11.7. The fraction of sp³-hybridized carbons (Fsp3) is 0.273. The predicted octanol–water partition coefficient (Wildman–Crippen LogP) is 2.84. The first-order valence-corrected chi connectivity index (χ1v) is 6.59. The quantitative estimate of drug-likeness (QED) is 0.506. The van der Waals surface area contributed by atoms with Crippen LogP contribution in [-0.2, 0) is 4.79 Å². The highest BCUT2D eigenvalue weighted by molar-refractivity contribution is 9.12. The molecule has 1 unspecified atom stereocenters. The summed E-state index contributed by atoms with van der Waals surface area (Å²) in [6, 6.07) is 6.00. The van der Waals surface area contributed by atoms with Gasteiger partial charge in [0.1, 0.15) is 15.6 Å². The molecule has 4 nitrogen and oxygen atoms in total. The Hall–Kier alpha value is -0.880. The van der Waals surface area contributed by atoms with Crippen LogP contribution in [0.4, 0.5) is 0 Å². The Morgan fingerprint density at radius 3 is 2.53 bits per heavy atom. The highest BCUT2D eigenvalue weighted by Crippen LogP contribution is 2.25. The van der Waals surface area contributed by atoms with Crippen molar-refractivity contribution in [3.8, 4) is 5.75 Å². The molecule has 0 radical (unpaired) electrons. The SMILES string of the molecule is CC(Br)(CBr)C(=O)Oc1ccccc1C(=O)O. The lowest BCUT2D eigenvalue weighted by Crippen LogP contribution is -2.34. The van der Waals surface area contributed by atoms with Crippen molar-refractivity contribution in [1.82, 2.24) is 0 Å². The van der Waals surface area contributed by atoms with Crippen LogP contribution in [0.2, 0.25) is 0 Å².